The first kappa shape index (κ1) is 17.5. The van der Waals surface area contributed by atoms with E-state index in [1.807, 2.05) is 0 Å². The molecular formula is C17H34N2O. The summed E-state index contributed by atoms with van der Waals surface area (Å²) in [7, 11) is 0. The molecule has 118 valence electrons. The van der Waals surface area contributed by atoms with Crippen molar-refractivity contribution >= 4 is 5.91 Å². The number of carbonyl (C=O) groups is 1. The van der Waals surface area contributed by atoms with Gasteiger partial charge in [0.05, 0.1) is 5.41 Å². The SMILES string of the molecule is CCC(CC)(CN)C(=O)NC1CC(C)CCC1C(C)C. The minimum absolute atomic E-state index is 0.176. The molecule has 1 amide bonds. The van der Waals surface area contributed by atoms with Gasteiger partial charge in [0.1, 0.15) is 0 Å². The Kier molecular flexibility index (Phi) is 6.50. The van der Waals surface area contributed by atoms with Crippen LogP contribution in [0, 0.1) is 23.2 Å². The van der Waals surface area contributed by atoms with Crippen molar-refractivity contribution in [1.29, 1.82) is 0 Å². The van der Waals surface area contributed by atoms with Crippen molar-refractivity contribution in [3.05, 3.63) is 0 Å². The summed E-state index contributed by atoms with van der Waals surface area (Å²) in [6.07, 6.45) is 5.28. The van der Waals surface area contributed by atoms with Gasteiger partial charge in [-0.3, -0.25) is 4.79 Å². The molecule has 3 atom stereocenters. The Hall–Kier alpha value is -0.570. The number of carbonyl (C=O) groups excluding carboxylic acids is 1. The zero-order valence-corrected chi connectivity index (χ0v) is 14.0. The lowest BCUT2D eigenvalue weighted by Crippen LogP contribution is -2.52. The maximum Gasteiger partial charge on any atom is 0.227 e. The molecule has 0 bridgehead atoms. The van der Waals surface area contributed by atoms with Gasteiger partial charge >= 0.3 is 0 Å². The van der Waals surface area contributed by atoms with E-state index in [1.54, 1.807) is 0 Å². The molecule has 1 aliphatic rings. The molecule has 0 radical (unpaired) electrons. The van der Waals surface area contributed by atoms with Crippen LogP contribution in [0.2, 0.25) is 0 Å². The van der Waals surface area contributed by atoms with Crippen molar-refractivity contribution in [2.24, 2.45) is 28.9 Å². The van der Waals surface area contributed by atoms with Crippen LogP contribution in [0.3, 0.4) is 0 Å². The Bertz CT molecular complexity index is 302. The quantitative estimate of drug-likeness (QED) is 0.785. The Morgan fingerprint density at radius 1 is 1.30 bits per heavy atom. The Balaban J connectivity index is 2.79. The molecular weight excluding hydrogens is 248 g/mol. The zero-order valence-electron chi connectivity index (χ0n) is 14.0. The topological polar surface area (TPSA) is 55.1 Å². The summed E-state index contributed by atoms with van der Waals surface area (Å²) >= 11 is 0. The Morgan fingerprint density at radius 2 is 1.90 bits per heavy atom. The summed E-state index contributed by atoms with van der Waals surface area (Å²) in [6.45, 7) is 11.4. The third-order valence-corrected chi connectivity index (χ3v) is 5.56. The van der Waals surface area contributed by atoms with Crippen molar-refractivity contribution in [3.8, 4) is 0 Å². The fourth-order valence-electron chi connectivity index (χ4n) is 3.64. The van der Waals surface area contributed by atoms with E-state index >= 15 is 0 Å². The molecule has 20 heavy (non-hydrogen) atoms. The van der Waals surface area contributed by atoms with E-state index in [2.05, 4.69) is 39.9 Å². The number of rotatable bonds is 6. The van der Waals surface area contributed by atoms with Gasteiger partial charge in [0.15, 0.2) is 0 Å². The second-order valence-electron chi connectivity index (χ2n) is 7.10. The highest BCUT2D eigenvalue weighted by Gasteiger charge is 2.38. The molecule has 0 aliphatic heterocycles. The van der Waals surface area contributed by atoms with Crippen LogP contribution in [0.5, 0.6) is 0 Å². The third kappa shape index (κ3) is 3.75. The van der Waals surface area contributed by atoms with Crippen molar-refractivity contribution in [1.82, 2.24) is 5.32 Å². The van der Waals surface area contributed by atoms with E-state index in [0.717, 1.165) is 19.3 Å². The van der Waals surface area contributed by atoms with E-state index in [9.17, 15) is 4.79 Å². The van der Waals surface area contributed by atoms with Crippen molar-refractivity contribution < 1.29 is 4.79 Å². The van der Waals surface area contributed by atoms with Gasteiger partial charge in [0, 0.05) is 12.6 Å². The molecule has 3 N–H and O–H groups in total. The highest BCUT2D eigenvalue weighted by molar-refractivity contribution is 5.83. The molecule has 0 spiro atoms. The molecule has 1 rings (SSSR count). The average Bonchev–Trinajstić information content (AvgIpc) is 2.41. The largest absolute Gasteiger partial charge is 0.353 e. The van der Waals surface area contributed by atoms with Crippen LogP contribution in [0.25, 0.3) is 0 Å². The maximum atomic E-state index is 12.7. The number of nitrogens with one attached hydrogen (secondary N) is 1. The Labute approximate surface area is 125 Å². The molecule has 0 aromatic carbocycles. The smallest absolute Gasteiger partial charge is 0.227 e. The second kappa shape index (κ2) is 7.44. The summed E-state index contributed by atoms with van der Waals surface area (Å²) in [6, 6.07) is 0.329. The summed E-state index contributed by atoms with van der Waals surface area (Å²) in [5.74, 6) is 2.13. The van der Waals surface area contributed by atoms with Crippen LogP contribution in [-0.2, 0) is 4.79 Å². The molecule has 0 saturated heterocycles. The maximum absolute atomic E-state index is 12.7. The molecule has 1 aliphatic carbocycles. The highest BCUT2D eigenvalue weighted by atomic mass is 16.2. The lowest BCUT2D eigenvalue weighted by Gasteiger charge is -2.40. The molecule has 0 aromatic rings. The number of hydrogen-bond donors (Lipinski definition) is 2. The molecule has 3 nitrogen and oxygen atoms in total. The van der Waals surface area contributed by atoms with E-state index < -0.39 is 0 Å². The zero-order chi connectivity index (χ0) is 15.3. The third-order valence-electron chi connectivity index (χ3n) is 5.56. The first-order chi connectivity index (χ1) is 9.40. The van der Waals surface area contributed by atoms with E-state index in [1.165, 1.54) is 12.8 Å². The van der Waals surface area contributed by atoms with Crippen LogP contribution in [0.15, 0.2) is 0 Å². The summed E-state index contributed by atoms with van der Waals surface area (Å²) < 4.78 is 0. The van der Waals surface area contributed by atoms with Crippen molar-refractivity contribution in [2.75, 3.05) is 6.54 Å². The summed E-state index contributed by atoms with van der Waals surface area (Å²) in [4.78, 5) is 12.7. The fraction of sp³-hybridized carbons (Fsp3) is 0.941. The lowest BCUT2D eigenvalue weighted by molar-refractivity contribution is -0.132. The number of nitrogens with two attached hydrogens (primary N) is 1. The van der Waals surface area contributed by atoms with Gasteiger partial charge in [0.2, 0.25) is 5.91 Å². The van der Waals surface area contributed by atoms with Gasteiger partial charge in [-0.15, -0.1) is 0 Å². The van der Waals surface area contributed by atoms with Crippen LogP contribution >= 0.6 is 0 Å². The molecule has 1 saturated carbocycles. The van der Waals surface area contributed by atoms with Crippen LogP contribution in [0.4, 0.5) is 0 Å². The van der Waals surface area contributed by atoms with Gasteiger partial charge in [-0.2, -0.15) is 0 Å². The molecule has 0 aromatic heterocycles. The fourth-order valence-corrected chi connectivity index (χ4v) is 3.64. The van der Waals surface area contributed by atoms with Crippen molar-refractivity contribution in [3.63, 3.8) is 0 Å². The van der Waals surface area contributed by atoms with Gasteiger partial charge in [-0.1, -0.05) is 41.0 Å². The van der Waals surface area contributed by atoms with Crippen LogP contribution in [-0.4, -0.2) is 18.5 Å². The van der Waals surface area contributed by atoms with Gasteiger partial charge in [-0.25, -0.2) is 0 Å². The van der Waals surface area contributed by atoms with E-state index in [0.29, 0.717) is 30.3 Å². The first-order valence-corrected chi connectivity index (χ1v) is 8.41. The van der Waals surface area contributed by atoms with E-state index in [4.69, 9.17) is 5.73 Å². The normalized spacial score (nSPS) is 27.6. The lowest BCUT2D eigenvalue weighted by atomic mass is 9.73. The van der Waals surface area contributed by atoms with Crippen LogP contribution in [0.1, 0.15) is 66.7 Å². The number of hydrogen-bond acceptors (Lipinski definition) is 2. The van der Waals surface area contributed by atoms with Gasteiger partial charge < -0.3 is 11.1 Å². The standard InChI is InChI=1S/C17H34N2O/c1-6-17(7-2,11-18)16(20)19-15-10-13(5)8-9-14(15)12(3)4/h12-15H,6-11,18H2,1-5H3,(H,19,20). The highest BCUT2D eigenvalue weighted by Crippen LogP contribution is 2.34. The minimum Gasteiger partial charge on any atom is -0.353 e. The van der Waals surface area contributed by atoms with Crippen molar-refractivity contribution in [2.45, 2.75) is 72.8 Å². The molecule has 1 fully saturated rings. The first-order valence-electron chi connectivity index (χ1n) is 8.41. The van der Waals surface area contributed by atoms with E-state index in [-0.39, 0.29) is 11.3 Å². The summed E-state index contributed by atoms with van der Waals surface area (Å²) in [5, 5.41) is 3.36. The molecule has 3 heteroatoms. The van der Waals surface area contributed by atoms with Gasteiger partial charge in [-0.05, 0) is 43.4 Å². The summed E-state index contributed by atoms with van der Waals surface area (Å²) in [5.41, 5.74) is 5.52. The predicted molar refractivity (Wildman–Crippen MR) is 85.3 cm³/mol. The Morgan fingerprint density at radius 3 is 2.35 bits per heavy atom. The predicted octanol–water partition coefficient (Wildman–Crippen LogP) is 3.33. The van der Waals surface area contributed by atoms with Gasteiger partial charge in [0.25, 0.3) is 0 Å². The number of amides is 1. The monoisotopic (exact) mass is 282 g/mol. The molecule has 0 heterocycles. The van der Waals surface area contributed by atoms with Crippen LogP contribution < -0.4 is 11.1 Å². The second-order valence-corrected chi connectivity index (χ2v) is 7.10. The average molecular weight is 282 g/mol. The molecule has 3 unspecified atom stereocenters. The minimum atomic E-state index is -0.373.